The summed E-state index contributed by atoms with van der Waals surface area (Å²) in [6.07, 6.45) is 2.04. The molecule has 0 N–H and O–H groups in total. The van der Waals surface area contributed by atoms with Crippen molar-refractivity contribution in [1.82, 2.24) is 4.98 Å². The summed E-state index contributed by atoms with van der Waals surface area (Å²) < 4.78 is 2.84. The first kappa shape index (κ1) is 20.0. The zero-order valence-electron chi connectivity index (χ0n) is 18.1. The van der Waals surface area contributed by atoms with Crippen LogP contribution in [0, 0.1) is 0 Å². The van der Waals surface area contributed by atoms with E-state index in [4.69, 9.17) is 4.98 Å². The summed E-state index contributed by atoms with van der Waals surface area (Å²) in [5, 5.41) is 1.26. The molecular formula is C29H25NSe. The van der Waals surface area contributed by atoms with Crippen molar-refractivity contribution in [2.45, 2.75) is 26.2 Å². The molecule has 0 spiro atoms. The Kier molecular flexibility index (Phi) is 5.14. The number of hydrogen-bond donors (Lipinski definition) is 0. The number of benzene rings is 3. The molecule has 2 heteroatoms. The molecule has 1 nitrogen and oxygen atoms in total. The van der Waals surface area contributed by atoms with Gasteiger partial charge in [0.1, 0.15) is 0 Å². The Morgan fingerprint density at radius 3 is 2.10 bits per heavy atom. The molecule has 0 aliphatic rings. The predicted octanol–water partition coefficient (Wildman–Crippen LogP) is 7.59. The second-order valence-electron chi connectivity index (χ2n) is 8.99. The van der Waals surface area contributed by atoms with Gasteiger partial charge in [0, 0.05) is 0 Å². The van der Waals surface area contributed by atoms with Gasteiger partial charge in [0.15, 0.2) is 0 Å². The zero-order chi connectivity index (χ0) is 21.4. The summed E-state index contributed by atoms with van der Waals surface area (Å²) in [6, 6.07) is 32.9. The summed E-state index contributed by atoms with van der Waals surface area (Å²) in [4.78, 5) is 4.80. The summed E-state index contributed by atoms with van der Waals surface area (Å²) in [6.45, 7) is 6.78. The van der Waals surface area contributed by atoms with Gasteiger partial charge in [0.2, 0.25) is 0 Å². The van der Waals surface area contributed by atoms with Crippen LogP contribution in [0.4, 0.5) is 0 Å². The fourth-order valence-electron chi connectivity index (χ4n) is 3.86. The van der Waals surface area contributed by atoms with E-state index in [-0.39, 0.29) is 5.41 Å². The van der Waals surface area contributed by atoms with Crippen molar-refractivity contribution >= 4 is 24.1 Å². The third-order valence-electron chi connectivity index (χ3n) is 5.70. The van der Waals surface area contributed by atoms with Crippen LogP contribution >= 0.6 is 0 Å². The molecule has 2 heterocycles. The summed E-state index contributed by atoms with van der Waals surface area (Å²) in [5.74, 6) is 0. The fourth-order valence-corrected chi connectivity index (χ4v) is 6.12. The Balaban J connectivity index is 1.49. The van der Waals surface area contributed by atoms with Gasteiger partial charge >= 0.3 is 190 Å². The van der Waals surface area contributed by atoms with E-state index in [0.717, 1.165) is 5.69 Å². The van der Waals surface area contributed by atoms with Crippen molar-refractivity contribution in [3.63, 3.8) is 0 Å². The molecule has 0 amide bonds. The molecule has 152 valence electrons. The standard InChI is InChI=1S/C29H25NSe/c1-29(2,3)25-14-12-21(13-15-25)27-17-24-19-30-26(18-28(24)31-27)23-11-7-10-22(16-23)20-8-5-4-6-9-20/h4-19H,1-3H3. The second-order valence-corrected chi connectivity index (χ2v) is 11.3. The first-order valence-electron chi connectivity index (χ1n) is 10.6. The molecule has 0 radical (unpaired) electrons. The van der Waals surface area contributed by atoms with Crippen molar-refractivity contribution in [2.24, 2.45) is 0 Å². The first-order valence-corrected chi connectivity index (χ1v) is 12.3. The molecule has 5 rings (SSSR count). The van der Waals surface area contributed by atoms with Gasteiger partial charge in [-0.3, -0.25) is 0 Å². The van der Waals surface area contributed by atoms with E-state index >= 15 is 0 Å². The van der Waals surface area contributed by atoms with Crippen LogP contribution in [0.2, 0.25) is 0 Å². The molecule has 2 aromatic heterocycles. The number of pyridine rings is 1. The van der Waals surface area contributed by atoms with E-state index in [1.54, 1.807) is 0 Å². The van der Waals surface area contributed by atoms with Crippen molar-refractivity contribution in [1.29, 1.82) is 0 Å². The van der Waals surface area contributed by atoms with E-state index in [9.17, 15) is 0 Å². The Labute approximate surface area is 190 Å². The third kappa shape index (κ3) is 4.14. The molecule has 31 heavy (non-hydrogen) atoms. The maximum atomic E-state index is 4.80. The van der Waals surface area contributed by atoms with Gasteiger partial charge in [-0.25, -0.2) is 0 Å². The van der Waals surface area contributed by atoms with Crippen LogP contribution in [-0.4, -0.2) is 19.5 Å². The van der Waals surface area contributed by atoms with Gasteiger partial charge in [0.05, 0.1) is 0 Å². The molecule has 3 aromatic carbocycles. The van der Waals surface area contributed by atoms with Crippen molar-refractivity contribution in [2.75, 3.05) is 0 Å². The molecule has 0 unspecified atom stereocenters. The van der Waals surface area contributed by atoms with Gasteiger partial charge in [-0.1, -0.05) is 0 Å². The third-order valence-corrected chi connectivity index (χ3v) is 8.11. The molecule has 0 saturated heterocycles. The van der Waals surface area contributed by atoms with E-state index in [2.05, 4.69) is 112 Å². The molecular weight excluding hydrogens is 441 g/mol. The van der Waals surface area contributed by atoms with Crippen LogP contribution in [0.3, 0.4) is 0 Å². The van der Waals surface area contributed by atoms with E-state index < -0.39 is 0 Å². The summed E-state index contributed by atoms with van der Waals surface area (Å²) in [5.41, 5.74) is 7.57. The number of rotatable bonds is 3. The monoisotopic (exact) mass is 467 g/mol. The molecule has 0 aliphatic heterocycles. The molecule has 0 fully saturated rings. The Bertz CT molecular complexity index is 1340. The quantitative estimate of drug-likeness (QED) is 0.250. The van der Waals surface area contributed by atoms with Crippen molar-refractivity contribution in [3.05, 3.63) is 103 Å². The van der Waals surface area contributed by atoms with Gasteiger partial charge in [0.25, 0.3) is 0 Å². The molecule has 0 saturated carbocycles. The Hall–Kier alpha value is -2.93. The first-order chi connectivity index (χ1) is 15.0. The van der Waals surface area contributed by atoms with Gasteiger partial charge in [-0.2, -0.15) is 0 Å². The average Bonchev–Trinajstić information content (AvgIpc) is 3.23. The molecule has 0 bridgehead atoms. The van der Waals surface area contributed by atoms with Crippen LogP contribution in [-0.2, 0) is 5.41 Å². The predicted molar refractivity (Wildman–Crippen MR) is 134 cm³/mol. The summed E-state index contributed by atoms with van der Waals surface area (Å²) >= 11 is 0.299. The maximum absolute atomic E-state index is 4.80. The van der Waals surface area contributed by atoms with E-state index in [1.807, 2.05) is 6.20 Å². The number of hydrogen-bond acceptors (Lipinski definition) is 1. The topological polar surface area (TPSA) is 12.9 Å². The van der Waals surface area contributed by atoms with Gasteiger partial charge in [-0.05, 0) is 0 Å². The average molecular weight is 466 g/mol. The van der Waals surface area contributed by atoms with Crippen LogP contribution < -0.4 is 0 Å². The van der Waals surface area contributed by atoms with Crippen LogP contribution in [0.1, 0.15) is 26.3 Å². The Morgan fingerprint density at radius 1 is 0.645 bits per heavy atom. The molecule has 5 aromatic rings. The number of nitrogens with zero attached hydrogens (tertiary/aromatic N) is 1. The van der Waals surface area contributed by atoms with E-state index in [0.29, 0.717) is 14.5 Å². The van der Waals surface area contributed by atoms with E-state index in [1.165, 1.54) is 41.9 Å². The van der Waals surface area contributed by atoms with Crippen molar-refractivity contribution < 1.29 is 0 Å². The Morgan fingerprint density at radius 2 is 1.35 bits per heavy atom. The minimum absolute atomic E-state index is 0.184. The van der Waals surface area contributed by atoms with Crippen LogP contribution in [0.25, 0.3) is 42.0 Å². The van der Waals surface area contributed by atoms with Gasteiger partial charge in [-0.15, -0.1) is 0 Å². The number of fused-ring (bicyclic) bond motifs is 1. The minimum atomic E-state index is 0.184. The van der Waals surface area contributed by atoms with Crippen LogP contribution in [0.5, 0.6) is 0 Å². The van der Waals surface area contributed by atoms with Gasteiger partial charge < -0.3 is 0 Å². The van der Waals surface area contributed by atoms with Crippen LogP contribution in [0.15, 0.2) is 97.2 Å². The SMILES string of the molecule is CC(C)(C)c1ccc(-c2cc3cnc(-c4cccc(-c5ccccc5)c4)cc3[se]2)cc1. The molecule has 0 aliphatic carbocycles. The zero-order valence-corrected chi connectivity index (χ0v) is 19.8. The number of aromatic nitrogens is 1. The second kappa shape index (κ2) is 7.96. The normalized spacial score (nSPS) is 11.7. The molecule has 0 atom stereocenters. The fraction of sp³-hybridized carbons (Fsp3) is 0.138. The summed E-state index contributed by atoms with van der Waals surface area (Å²) in [7, 11) is 0. The van der Waals surface area contributed by atoms with Crippen molar-refractivity contribution in [3.8, 4) is 32.4 Å².